The Morgan fingerprint density at radius 2 is 2.33 bits per heavy atom. The van der Waals surface area contributed by atoms with Gasteiger partial charge in [0.25, 0.3) is 0 Å². The maximum atomic E-state index is 10.4. The first-order chi connectivity index (χ1) is 7.16. The second-order valence-corrected chi connectivity index (χ2v) is 4.40. The summed E-state index contributed by atoms with van der Waals surface area (Å²) in [6, 6.07) is 5.54. The maximum absolute atomic E-state index is 10.4. The topological polar surface area (TPSA) is 50.2 Å². The van der Waals surface area contributed by atoms with E-state index in [1.165, 1.54) is 11.5 Å². The van der Waals surface area contributed by atoms with Crippen LogP contribution in [-0.4, -0.2) is 15.4 Å². The van der Waals surface area contributed by atoms with Crippen molar-refractivity contribution in [3.63, 3.8) is 0 Å². The third-order valence-corrected chi connectivity index (χ3v) is 3.18. The van der Waals surface area contributed by atoms with E-state index in [4.69, 9.17) is 16.7 Å². The Morgan fingerprint density at radius 1 is 1.53 bits per heavy atom. The quantitative estimate of drug-likeness (QED) is 0.899. The highest BCUT2D eigenvalue weighted by Crippen LogP contribution is 2.26. The van der Waals surface area contributed by atoms with Gasteiger partial charge in [0, 0.05) is 16.8 Å². The van der Waals surface area contributed by atoms with Crippen molar-refractivity contribution in [2.75, 3.05) is 0 Å². The number of carboxylic acids is 1. The SMILES string of the molecule is O=C(O)CCc1nsc2ccc(Cl)cc12. The van der Waals surface area contributed by atoms with Gasteiger partial charge in [0.05, 0.1) is 16.8 Å². The normalized spacial score (nSPS) is 10.7. The van der Waals surface area contributed by atoms with Crippen LogP contribution < -0.4 is 0 Å². The summed E-state index contributed by atoms with van der Waals surface area (Å²) >= 11 is 7.24. The van der Waals surface area contributed by atoms with Crippen molar-refractivity contribution in [2.24, 2.45) is 0 Å². The molecule has 78 valence electrons. The number of aliphatic carboxylic acids is 1. The Balaban J connectivity index is 2.35. The molecule has 1 aromatic heterocycles. The van der Waals surface area contributed by atoms with Crippen molar-refractivity contribution < 1.29 is 9.90 Å². The average molecular weight is 242 g/mol. The molecule has 5 heteroatoms. The van der Waals surface area contributed by atoms with E-state index in [2.05, 4.69) is 4.37 Å². The molecule has 0 aliphatic carbocycles. The number of hydrogen-bond donors (Lipinski definition) is 1. The fourth-order valence-electron chi connectivity index (χ4n) is 1.37. The zero-order valence-corrected chi connectivity index (χ0v) is 9.31. The van der Waals surface area contributed by atoms with Crippen LogP contribution in [0.5, 0.6) is 0 Å². The van der Waals surface area contributed by atoms with Crippen LogP contribution in [0.2, 0.25) is 5.02 Å². The van der Waals surface area contributed by atoms with Crippen LogP contribution in [0.25, 0.3) is 10.1 Å². The van der Waals surface area contributed by atoms with Gasteiger partial charge >= 0.3 is 5.97 Å². The number of hydrogen-bond acceptors (Lipinski definition) is 3. The lowest BCUT2D eigenvalue weighted by atomic mass is 10.1. The number of aryl methyl sites for hydroxylation is 1. The number of benzene rings is 1. The molecule has 1 N–H and O–H groups in total. The van der Waals surface area contributed by atoms with Crippen molar-refractivity contribution in [1.29, 1.82) is 0 Å². The minimum Gasteiger partial charge on any atom is -0.481 e. The van der Waals surface area contributed by atoms with E-state index < -0.39 is 5.97 Å². The van der Waals surface area contributed by atoms with Crippen molar-refractivity contribution >= 4 is 39.2 Å². The second-order valence-electron chi connectivity index (χ2n) is 3.16. The van der Waals surface area contributed by atoms with Crippen LogP contribution >= 0.6 is 23.1 Å². The number of halogens is 1. The molecule has 1 heterocycles. The fourth-order valence-corrected chi connectivity index (χ4v) is 2.34. The van der Waals surface area contributed by atoms with Gasteiger partial charge in [0.15, 0.2) is 0 Å². The average Bonchev–Trinajstić information content (AvgIpc) is 2.57. The van der Waals surface area contributed by atoms with Crippen LogP contribution in [0.4, 0.5) is 0 Å². The molecule has 0 atom stereocenters. The third kappa shape index (κ3) is 2.27. The smallest absolute Gasteiger partial charge is 0.303 e. The zero-order chi connectivity index (χ0) is 10.8. The number of aromatic nitrogens is 1. The summed E-state index contributed by atoms with van der Waals surface area (Å²) in [5.41, 5.74) is 0.819. The fraction of sp³-hybridized carbons (Fsp3) is 0.200. The van der Waals surface area contributed by atoms with Crippen LogP contribution in [-0.2, 0) is 11.2 Å². The lowest BCUT2D eigenvalue weighted by molar-refractivity contribution is -0.136. The lowest BCUT2D eigenvalue weighted by Gasteiger charge is -1.95. The van der Waals surface area contributed by atoms with E-state index in [0.29, 0.717) is 11.4 Å². The van der Waals surface area contributed by atoms with Gasteiger partial charge in [0.1, 0.15) is 0 Å². The molecule has 0 amide bonds. The maximum Gasteiger partial charge on any atom is 0.303 e. The van der Waals surface area contributed by atoms with Crippen molar-refractivity contribution in [3.8, 4) is 0 Å². The molecule has 0 aliphatic rings. The summed E-state index contributed by atoms with van der Waals surface area (Å²) in [6.07, 6.45) is 0.557. The Labute approximate surface area is 95.5 Å². The molecular weight excluding hydrogens is 234 g/mol. The molecule has 0 saturated heterocycles. The van der Waals surface area contributed by atoms with E-state index in [9.17, 15) is 4.79 Å². The lowest BCUT2D eigenvalue weighted by Crippen LogP contribution is -1.97. The first-order valence-corrected chi connectivity index (χ1v) is 5.57. The highest BCUT2D eigenvalue weighted by molar-refractivity contribution is 7.13. The summed E-state index contributed by atoms with van der Waals surface area (Å²) in [4.78, 5) is 10.4. The standard InChI is InChI=1S/C10H8ClNO2S/c11-6-1-3-9-7(5-6)8(12-15-9)2-4-10(13)14/h1,3,5H,2,4H2,(H,13,14). The second kappa shape index (κ2) is 4.16. The van der Waals surface area contributed by atoms with Gasteiger partial charge < -0.3 is 5.11 Å². The van der Waals surface area contributed by atoms with E-state index in [1.54, 1.807) is 0 Å². The first-order valence-electron chi connectivity index (χ1n) is 4.42. The van der Waals surface area contributed by atoms with Crippen LogP contribution in [0.1, 0.15) is 12.1 Å². The first kappa shape index (κ1) is 10.4. The predicted molar refractivity (Wildman–Crippen MR) is 60.6 cm³/mol. The summed E-state index contributed by atoms with van der Waals surface area (Å²) in [6.45, 7) is 0. The van der Waals surface area contributed by atoms with Gasteiger partial charge in [0.2, 0.25) is 0 Å². The number of carbonyl (C=O) groups is 1. The Hall–Kier alpha value is -1.13. The molecule has 0 unspecified atom stereocenters. The largest absolute Gasteiger partial charge is 0.481 e. The number of nitrogens with zero attached hydrogens (tertiary/aromatic N) is 1. The highest BCUT2D eigenvalue weighted by atomic mass is 35.5. The zero-order valence-electron chi connectivity index (χ0n) is 7.74. The third-order valence-electron chi connectivity index (χ3n) is 2.08. The molecule has 2 rings (SSSR count). The van der Waals surface area contributed by atoms with Crippen molar-refractivity contribution in [3.05, 3.63) is 28.9 Å². The Bertz CT molecular complexity index is 509. The molecule has 3 nitrogen and oxygen atoms in total. The molecular formula is C10H8ClNO2S. The molecule has 0 fully saturated rings. The molecule has 15 heavy (non-hydrogen) atoms. The number of carboxylic acid groups (broad SMARTS) is 1. The molecule has 1 aromatic carbocycles. The van der Waals surface area contributed by atoms with Crippen LogP contribution in [0.15, 0.2) is 18.2 Å². The minimum atomic E-state index is -0.807. The summed E-state index contributed by atoms with van der Waals surface area (Å²) in [5.74, 6) is -0.807. The van der Waals surface area contributed by atoms with E-state index in [1.807, 2.05) is 18.2 Å². The Kier molecular flexibility index (Phi) is 2.88. The van der Waals surface area contributed by atoms with E-state index in [0.717, 1.165) is 15.8 Å². The van der Waals surface area contributed by atoms with Crippen LogP contribution in [0, 0.1) is 0 Å². The molecule has 0 saturated carbocycles. The van der Waals surface area contributed by atoms with Crippen molar-refractivity contribution in [1.82, 2.24) is 4.37 Å². The summed E-state index contributed by atoms with van der Waals surface area (Å²) < 4.78 is 5.27. The highest BCUT2D eigenvalue weighted by Gasteiger charge is 2.08. The molecule has 0 bridgehead atoms. The number of fused-ring (bicyclic) bond motifs is 1. The summed E-state index contributed by atoms with van der Waals surface area (Å²) in [7, 11) is 0. The molecule has 0 aliphatic heterocycles. The van der Waals surface area contributed by atoms with E-state index >= 15 is 0 Å². The van der Waals surface area contributed by atoms with Gasteiger partial charge in [-0.15, -0.1) is 0 Å². The van der Waals surface area contributed by atoms with E-state index in [-0.39, 0.29) is 6.42 Å². The van der Waals surface area contributed by atoms with Gasteiger partial charge in [-0.05, 0) is 29.7 Å². The molecule has 0 radical (unpaired) electrons. The number of rotatable bonds is 3. The Morgan fingerprint density at radius 3 is 3.07 bits per heavy atom. The van der Waals surface area contributed by atoms with Gasteiger partial charge in [-0.1, -0.05) is 11.6 Å². The molecule has 0 spiro atoms. The molecule has 2 aromatic rings. The monoisotopic (exact) mass is 241 g/mol. The van der Waals surface area contributed by atoms with Gasteiger partial charge in [-0.2, -0.15) is 4.37 Å². The van der Waals surface area contributed by atoms with Gasteiger partial charge in [-0.25, -0.2) is 0 Å². The summed E-state index contributed by atoms with van der Waals surface area (Å²) in [5, 5.41) is 10.2. The predicted octanol–water partition coefficient (Wildman–Crippen LogP) is 2.97. The minimum absolute atomic E-state index is 0.103. The van der Waals surface area contributed by atoms with Crippen LogP contribution in [0.3, 0.4) is 0 Å². The van der Waals surface area contributed by atoms with Gasteiger partial charge in [-0.3, -0.25) is 4.79 Å². The van der Waals surface area contributed by atoms with Crippen molar-refractivity contribution in [2.45, 2.75) is 12.8 Å².